The molecule has 0 aliphatic carbocycles. The van der Waals surface area contributed by atoms with Crippen LogP contribution in [-0.4, -0.2) is 33.4 Å². The summed E-state index contributed by atoms with van der Waals surface area (Å²) in [7, 11) is 0. The Balaban J connectivity index is 1.94. The Hall–Kier alpha value is -1.38. The van der Waals surface area contributed by atoms with Crippen LogP contribution in [0.4, 0.5) is 0 Å². The van der Waals surface area contributed by atoms with Gasteiger partial charge in [0.1, 0.15) is 23.9 Å². The van der Waals surface area contributed by atoms with Gasteiger partial charge in [-0.15, -0.1) is 11.3 Å². The van der Waals surface area contributed by atoms with Crippen LogP contribution in [0.25, 0.3) is 10.2 Å². The predicted octanol–water partition coefficient (Wildman–Crippen LogP) is 1.38. The highest BCUT2D eigenvalue weighted by Crippen LogP contribution is 2.35. The number of nitrogens with zero attached hydrogens (tertiary/aromatic N) is 1. The molecular weight excluding hydrogens is 300 g/mol. The lowest BCUT2D eigenvalue weighted by Crippen LogP contribution is -2.15. The van der Waals surface area contributed by atoms with Crippen molar-refractivity contribution in [1.29, 1.82) is 0 Å². The first kappa shape index (κ1) is 13.6. The second-order valence-corrected chi connectivity index (χ2v) is 6.57. The lowest BCUT2D eigenvalue weighted by Gasteiger charge is -2.09. The summed E-state index contributed by atoms with van der Waals surface area (Å²) in [4.78, 5) is 31.5. The van der Waals surface area contributed by atoms with Crippen LogP contribution in [0.2, 0.25) is 0 Å². The van der Waals surface area contributed by atoms with Crippen molar-refractivity contribution >= 4 is 39.3 Å². The second-order valence-electron chi connectivity index (χ2n) is 4.39. The van der Waals surface area contributed by atoms with E-state index in [0.717, 1.165) is 28.3 Å². The average molecular weight is 312 g/mol. The van der Waals surface area contributed by atoms with Gasteiger partial charge < -0.3 is 14.8 Å². The summed E-state index contributed by atoms with van der Waals surface area (Å²) in [5, 5.41) is 9.20. The maximum atomic E-state index is 12.2. The zero-order valence-electron chi connectivity index (χ0n) is 10.5. The number of hydrogen-bond acceptors (Lipinski definition) is 6. The SMILES string of the molecule is O=C(O)COCc1nc2sc3c(c2c(=O)[nH]1)CCSC3. The Bertz CT molecular complexity index is 722. The molecule has 8 heteroatoms. The minimum absolute atomic E-state index is 0.00516. The highest BCUT2D eigenvalue weighted by atomic mass is 32.2. The maximum absolute atomic E-state index is 12.2. The van der Waals surface area contributed by atoms with Crippen LogP contribution in [0.1, 0.15) is 16.3 Å². The van der Waals surface area contributed by atoms with Crippen molar-refractivity contribution in [3.05, 3.63) is 26.6 Å². The molecule has 0 fully saturated rings. The molecule has 0 bridgehead atoms. The molecule has 0 saturated carbocycles. The van der Waals surface area contributed by atoms with Gasteiger partial charge in [0.25, 0.3) is 5.56 Å². The third kappa shape index (κ3) is 2.58. The first-order valence-corrected chi connectivity index (χ1v) is 8.03. The van der Waals surface area contributed by atoms with Crippen molar-refractivity contribution in [1.82, 2.24) is 9.97 Å². The lowest BCUT2D eigenvalue weighted by atomic mass is 10.1. The van der Waals surface area contributed by atoms with E-state index in [2.05, 4.69) is 9.97 Å². The van der Waals surface area contributed by atoms with Crippen molar-refractivity contribution in [2.45, 2.75) is 18.8 Å². The summed E-state index contributed by atoms with van der Waals surface area (Å²) in [5.74, 6) is 1.29. The van der Waals surface area contributed by atoms with Gasteiger partial charge in [0.2, 0.25) is 0 Å². The standard InChI is InChI=1S/C12H12N2O4S2/c15-9(16)4-18-3-8-13-11(17)10-6-1-2-19-5-7(6)20-12(10)14-8/h1-5H2,(H,15,16)(H,13,14,17). The van der Waals surface area contributed by atoms with Gasteiger partial charge in [-0.3, -0.25) is 4.79 Å². The summed E-state index contributed by atoms with van der Waals surface area (Å²) in [6, 6.07) is 0. The van der Waals surface area contributed by atoms with Crippen LogP contribution in [0.3, 0.4) is 0 Å². The Morgan fingerprint density at radius 2 is 2.35 bits per heavy atom. The Kier molecular flexibility index (Phi) is 3.77. The van der Waals surface area contributed by atoms with E-state index in [9.17, 15) is 9.59 Å². The van der Waals surface area contributed by atoms with Gasteiger partial charge in [-0.1, -0.05) is 0 Å². The van der Waals surface area contributed by atoms with E-state index < -0.39 is 12.6 Å². The first-order chi connectivity index (χ1) is 9.65. The molecule has 20 heavy (non-hydrogen) atoms. The average Bonchev–Trinajstić information content (AvgIpc) is 2.76. The van der Waals surface area contributed by atoms with E-state index in [4.69, 9.17) is 9.84 Å². The number of aromatic amines is 1. The number of aliphatic carboxylic acids is 1. The molecule has 1 aliphatic rings. The molecule has 3 rings (SSSR count). The highest BCUT2D eigenvalue weighted by Gasteiger charge is 2.19. The number of aromatic nitrogens is 2. The van der Waals surface area contributed by atoms with Gasteiger partial charge in [0, 0.05) is 10.6 Å². The lowest BCUT2D eigenvalue weighted by molar-refractivity contribution is -0.142. The predicted molar refractivity (Wildman–Crippen MR) is 77.4 cm³/mol. The minimum atomic E-state index is -1.04. The molecule has 6 nitrogen and oxygen atoms in total. The quantitative estimate of drug-likeness (QED) is 0.886. The van der Waals surface area contributed by atoms with Crippen molar-refractivity contribution in [2.24, 2.45) is 0 Å². The van der Waals surface area contributed by atoms with Crippen molar-refractivity contribution in [3.8, 4) is 0 Å². The zero-order chi connectivity index (χ0) is 14.1. The molecule has 0 atom stereocenters. The number of H-pyrrole nitrogens is 1. The number of carboxylic acids is 1. The largest absolute Gasteiger partial charge is 0.480 e. The van der Waals surface area contributed by atoms with Crippen LogP contribution in [-0.2, 0) is 28.3 Å². The number of carboxylic acid groups (broad SMARTS) is 1. The highest BCUT2D eigenvalue weighted by molar-refractivity contribution is 7.98. The van der Waals surface area contributed by atoms with Crippen LogP contribution >= 0.6 is 23.1 Å². The third-order valence-corrected chi connectivity index (χ3v) is 5.28. The fourth-order valence-electron chi connectivity index (χ4n) is 2.18. The summed E-state index contributed by atoms with van der Waals surface area (Å²) < 4.78 is 4.96. The zero-order valence-corrected chi connectivity index (χ0v) is 12.1. The molecule has 106 valence electrons. The normalized spacial score (nSPS) is 14.4. The molecule has 0 radical (unpaired) electrons. The van der Waals surface area contributed by atoms with Crippen LogP contribution < -0.4 is 5.56 Å². The van der Waals surface area contributed by atoms with E-state index in [1.807, 2.05) is 11.8 Å². The van der Waals surface area contributed by atoms with Gasteiger partial charge in [-0.25, -0.2) is 9.78 Å². The van der Waals surface area contributed by atoms with E-state index in [1.54, 1.807) is 11.3 Å². The van der Waals surface area contributed by atoms with Gasteiger partial charge in [-0.2, -0.15) is 11.8 Å². The number of fused-ring (bicyclic) bond motifs is 3. The number of thiophene rings is 1. The Morgan fingerprint density at radius 3 is 3.15 bits per heavy atom. The topological polar surface area (TPSA) is 92.3 Å². The van der Waals surface area contributed by atoms with E-state index in [-0.39, 0.29) is 12.2 Å². The molecule has 0 saturated heterocycles. The molecule has 2 N–H and O–H groups in total. The van der Waals surface area contributed by atoms with Crippen molar-refractivity contribution < 1.29 is 14.6 Å². The second kappa shape index (κ2) is 5.55. The fraction of sp³-hybridized carbons (Fsp3) is 0.417. The monoisotopic (exact) mass is 312 g/mol. The van der Waals surface area contributed by atoms with E-state index >= 15 is 0 Å². The summed E-state index contributed by atoms with van der Waals surface area (Å²) in [5.41, 5.74) is 0.962. The molecule has 0 unspecified atom stereocenters. The number of nitrogens with one attached hydrogen (secondary N) is 1. The number of ether oxygens (including phenoxy) is 1. The van der Waals surface area contributed by atoms with Crippen LogP contribution in [0.5, 0.6) is 0 Å². The van der Waals surface area contributed by atoms with E-state index in [1.165, 1.54) is 4.88 Å². The van der Waals surface area contributed by atoms with Gasteiger partial charge in [0.05, 0.1) is 5.39 Å². The van der Waals surface area contributed by atoms with Gasteiger partial charge in [0.15, 0.2) is 0 Å². The number of carbonyl (C=O) groups is 1. The fourth-order valence-corrected chi connectivity index (χ4v) is 4.55. The van der Waals surface area contributed by atoms with Crippen molar-refractivity contribution in [2.75, 3.05) is 12.4 Å². The molecule has 2 aromatic heterocycles. The third-order valence-electron chi connectivity index (χ3n) is 2.99. The number of hydrogen-bond donors (Lipinski definition) is 2. The smallest absolute Gasteiger partial charge is 0.329 e. The van der Waals surface area contributed by atoms with Gasteiger partial charge >= 0.3 is 5.97 Å². The Morgan fingerprint density at radius 1 is 1.50 bits per heavy atom. The van der Waals surface area contributed by atoms with Crippen LogP contribution in [0.15, 0.2) is 4.79 Å². The molecule has 2 aromatic rings. The molecular formula is C12H12N2O4S2. The maximum Gasteiger partial charge on any atom is 0.329 e. The minimum Gasteiger partial charge on any atom is -0.480 e. The summed E-state index contributed by atoms with van der Waals surface area (Å²) in [6.07, 6.45) is 0.902. The molecule has 3 heterocycles. The molecule has 1 aliphatic heterocycles. The summed E-state index contributed by atoms with van der Waals surface area (Å²) in [6.45, 7) is -0.409. The molecule has 0 spiro atoms. The number of rotatable bonds is 4. The number of thioether (sulfide) groups is 1. The van der Waals surface area contributed by atoms with E-state index in [0.29, 0.717) is 11.2 Å². The first-order valence-electron chi connectivity index (χ1n) is 6.06. The van der Waals surface area contributed by atoms with Crippen molar-refractivity contribution in [3.63, 3.8) is 0 Å². The molecule has 0 amide bonds. The Labute approximate surface area is 122 Å². The molecule has 0 aromatic carbocycles. The number of aryl methyl sites for hydroxylation is 1. The summed E-state index contributed by atoms with van der Waals surface area (Å²) >= 11 is 3.40. The van der Waals surface area contributed by atoms with Gasteiger partial charge in [-0.05, 0) is 17.7 Å². The van der Waals surface area contributed by atoms with Crippen LogP contribution in [0, 0.1) is 0 Å².